The van der Waals surface area contributed by atoms with Gasteiger partial charge in [0.15, 0.2) is 0 Å². The SMILES string of the molecule is Cn1c([Se])nnc1-c1ccccc1. The molecule has 0 atom stereocenters. The summed E-state index contributed by atoms with van der Waals surface area (Å²) >= 11 is 2.85. The molecule has 0 aliphatic rings. The topological polar surface area (TPSA) is 30.7 Å². The second kappa shape index (κ2) is 3.32. The van der Waals surface area contributed by atoms with Crippen LogP contribution in [0.1, 0.15) is 0 Å². The third-order valence-electron chi connectivity index (χ3n) is 1.87. The summed E-state index contributed by atoms with van der Waals surface area (Å²) in [5.74, 6) is 0.884. The molecule has 0 bridgehead atoms. The van der Waals surface area contributed by atoms with Gasteiger partial charge in [0.25, 0.3) is 0 Å². The molecule has 0 fully saturated rings. The van der Waals surface area contributed by atoms with Gasteiger partial charge in [-0.3, -0.25) is 0 Å². The Morgan fingerprint density at radius 2 is 1.85 bits per heavy atom. The van der Waals surface area contributed by atoms with E-state index in [1.807, 2.05) is 41.9 Å². The van der Waals surface area contributed by atoms with Crippen LogP contribution in [0.2, 0.25) is 0 Å². The third kappa shape index (κ3) is 1.50. The second-order valence-corrected chi connectivity index (χ2v) is 3.50. The molecule has 0 spiro atoms. The molecule has 0 N–H and O–H groups in total. The fourth-order valence-electron chi connectivity index (χ4n) is 1.15. The molecule has 4 heteroatoms. The molecule has 2 aromatic rings. The molecule has 2 rings (SSSR count). The molecule has 0 amide bonds. The van der Waals surface area contributed by atoms with Crippen LogP contribution in [0.15, 0.2) is 30.3 Å². The van der Waals surface area contributed by atoms with Crippen molar-refractivity contribution >= 4 is 20.7 Å². The van der Waals surface area contributed by atoms with Gasteiger partial charge in [0.1, 0.15) is 0 Å². The van der Waals surface area contributed by atoms with Gasteiger partial charge in [-0.2, -0.15) is 0 Å². The van der Waals surface area contributed by atoms with E-state index in [0.717, 1.165) is 16.1 Å². The maximum absolute atomic E-state index is 4.07. The zero-order valence-electron chi connectivity index (χ0n) is 7.14. The Labute approximate surface area is 84.6 Å². The molecule has 3 nitrogen and oxygen atoms in total. The molecular weight excluding hydrogens is 229 g/mol. The number of rotatable bonds is 1. The van der Waals surface area contributed by atoms with Gasteiger partial charge in [0.05, 0.1) is 0 Å². The number of benzene rings is 1. The summed E-state index contributed by atoms with van der Waals surface area (Å²) in [5, 5.41) is 8.02. The molecule has 0 saturated carbocycles. The quantitative estimate of drug-likeness (QED) is 0.667. The van der Waals surface area contributed by atoms with Crippen molar-refractivity contribution in [2.45, 2.75) is 0 Å². The van der Waals surface area contributed by atoms with E-state index in [1.54, 1.807) is 0 Å². The summed E-state index contributed by atoms with van der Waals surface area (Å²) in [7, 11) is 1.94. The van der Waals surface area contributed by atoms with E-state index in [0.29, 0.717) is 0 Å². The van der Waals surface area contributed by atoms with Crippen molar-refractivity contribution in [3.8, 4) is 11.4 Å². The monoisotopic (exact) mass is 238 g/mol. The van der Waals surface area contributed by atoms with Gasteiger partial charge in [0, 0.05) is 0 Å². The summed E-state index contributed by atoms with van der Waals surface area (Å²) in [6, 6.07) is 10.00. The van der Waals surface area contributed by atoms with Crippen molar-refractivity contribution in [2.75, 3.05) is 0 Å². The zero-order valence-corrected chi connectivity index (χ0v) is 8.85. The normalized spacial score (nSPS) is 10.2. The fourth-order valence-corrected chi connectivity index (χ4v) is 1.42. The van der Waals surface area contributed by atoms with E-state index in [4.69, 9.17) is 0 Å². The molecular formula is C9H8N3Se. The van der Waals surface area contributed by atoms with E-state index < -0.39 is 0 Å². The standard InChI is InChI=1S/C9H8N3Se/c1-12-8(10-11-9(12)13)7-5-3-2-4-6-7/h2-6H,1H3. The Morgan fingerprint density at radius 3 is 2.38 bits per heavy atom. The predicted molar refractivity (Wildman–Crippen MR) is 51.8 cm³/mol. The predicted octanol–water partition coefficient (Wildman–Crippen LogP) is 0.276. The summed E-state index contributed by atoms with van der Waals surface area (Å²) < 4.78 is 2.73. The Hall–Kier alpha value is -1.12. The molecule has 1 aromatic heterocycles. The number of hydrogen-bond acceptors (Lipinski definition) is 2. The van der Waals surface area contributed by atoms with Gasteiger partial charge in [-0.05, 0) is 0 Å². The van der Waals surface area contributed by atoms with Gasteiger partial charge >= 0.3 is 84.3 Å². The minimum absolute atomic E-state index is 0.804. The average molecular weight is 237 g/mol. The van der Waals surface area contributed by atoms with Gasteiger partial charge in [-0.25, -0.2) is 0 Å². The Balaban J connectivity index is 2.53. The second-order valence-electron chi connectivity index (χ2n) is 2.73. The van der Waals surface area contributed by atoms with E-state index in [1.165, 1.54) is 0 Å². The summed E-state index contributed by atoms with van der Waals surface area (Å²) in [4.78, 5) is 0. The van der Waals surface area contributed by atoms with E-state index in [-0.39, 0.29) is 0 Å². The Kier molecular flexibility index (Phi) is 2.17. The molecule has 1 aromatic carbocycles. The first kappa shape index (κ1) is 8.48. The number of aromatic nitrogens is 3. The van der Waals surface area contributed by atoms with Crippen LogP contribution >= 0.6 is 0 Å². The molecule has 13 heavy (non-hydrogen) atoms. The number of hydrogen-bond donors (Lipinski definition) is 0. The molecule has 0 aliphatic carbocycles. The summed E-state index contributed by atoms with van der Waals surface area (Å²) in [6.07, 6.45) is 0. The van der Waals surface area contributed by atoms with E-state index in [2.05, 4.69) is 26.2 Å². The number of nitrogens with zero attached hydrogens (tertiary/aromatic N) is 3. The average Bonchev–Trinajstić information content (AvgIpc) is 2.49. The van der Waals surface area contributed by atoms with Crippen LogP contribution in [0.4, 0.5) is 0 Å². The van der Waals surface area contributed by atoms with Crippen LogP contribution < -0.4 is 4.72 Å². The molecule has 1 radical (unpaired) electrons. The van der Waals surface area contributed by atoms with Crippen molar-refractivity contribution in [2.24, 2.45) is 7.05 Å². The van der Waals surface area contributed by atoms with Gasteiger partial charge in [-0.1, -0.05) is 0 Å². The van der Waals surface area contributed by atoms with Crippen molar-refractivity contribution in [1.29, 1.82) is 0 Å². The molecule has 1 heterocycles. The summed E-state index contributed by atoms with van der Waals surface area (Å²) in [6.45, 7) is 0. The van der Waals surface area contributed by atoms with Crippen molar-refractivity contribution in [3.05, 3.63) is 30.3 Å². The van der Waals surface area contributed by atoms with Crippen molar-refractivity contribution in [1.82, 2.24) is 14.8 Å². The zero-order chi connectivity index (χ0) is 9.26. The first-order valence-electron chi connectivity index (χ1n) is 3.91. The van der Waals surface area contributed by atoms with Crippen LogP contribution in [0.5, 0.6) is 0 Å². The van der Waals surface area contributed by atoms with Gasteiger partial charge < -0.3 is 0 Å². The molecule has 0 saturated heterocycles. The van der Waals surface area contributed by atoms with Gasteiger partial charge in [-0.15, -0.1) is 0 Å². The minimum atomic E-state index is 0.804. The first-order valence-corrected chi connectivity index (χ1v) is 4.76. The van der Waals surface area contributed by atoms with Crippen LogP contribution in [0, 0.1) is 0 Å². The van der Waals surface area contributed by atoms with E-state index in [9.17, 15) is 0 Å². The Bertz CT molecular complexity index is 408. The van der Waals surface area contributed by atoms with E-state index >= 15 is 0 Å². The third-order valence-corrected chi connectivity index (χ3v) is 2.61. The molecule has 0 unspecified atom stereocenters. The van der Waals surface area contributed by atoms with Crippen LogP contribution in [0.3, 0.4) is 0 Å². The fraction of sp³-hybridized carbons (Fsp3) is 0.111. The van der Waals surface area contributed by atoms with Crippen molar-refractivity contribution < 1.29 is 0 Å². The summed E-state index contributed by atoms with van der Waals surface area (Å²) in [5.41, 5.74) is 1.08. The van der Waals surface area contributed by atoms with Gasteiger partial charge in [0.2, 0.25) is 0 Å². The Morgan fingerprint density at radius 1 is 1.15 bits per heavy atom. The van der Waals surface area contributed by atoms with Crippen LogP contribution in [-0.4, -0.2) is 30.8 Å². The van der Waals surface area contributed by atoms with Crippen LogP contribution in [0.25, 0.3) is 11.4 Å². The maximum atomic E-state index is 4.07. The first-order chi connectivity index (χ1) is 6.29. The molecule has 0 aliphatic heterocycles. The molecule has 65 valence electrons. The van der Waals surface area contributed by atoms with Crippen LogP contribution in [-0.2, 0) is 7.05 Å². The van der Waals surface area contributed by atoms with Crippen molar-refractivity contribution in [3.63, 3.8) is 0 Å².